The fourth-order valence-corrected chi connectivity index (χ4v) is 1.70. The van der Waals surface area contributed by atoms with Gasteiger partial charge in [-0.15, -0.1) is 0 Å². The molecule has 0 bridgehead atoms. The van der Waals surface area contributed by atoms with Crippen LogP contribution in [0.4, 0.5) is 5.69 Å². The second-order valence-electron chi connectivity index (χ2n) is 3.81. The second-order valence-corrected chi connectivity index (χ2v) is 4.73. The molecule has 0 aliphatic rings. The van der Waals surface area contributed by atoms with Crippen LogP contribution in [0.2, 0.25) is 0 Å². The number of carboxylic acid groups (broad SMARTS) is 1. The molecule has 0 aromatic carbocycles. The van der Waals surface area contributed by atoms with E-state index >= 15 is 0 Å². The van der Waals surface area contributed by atoms with Crippen LogP contribution in [0.1, 0.15) is 6.92 Å². The van der Waals surface area contributed by atoms with E-state index in [0.717, 1.165) is 17.6 Å². The summed E-state index contributed by atoms with van der Waals surface area (Å²) in [4.78, 5) is 32.1. The molecule has 0 spiro atoms. The van der Waals surface area contributed by atoms with E-state index in [2.05, 4.69) is 15.9 Å². The number of halogens is 1. The SMILES string of the molecule is CC(O)(Cn1cc(Br)cc([N+](=O)[O-])c1=O)C(=O)O. The second kappa shape index (κ2) is 4.86. The average Bonchev–Trinajstić information content (AvgIpc) is 2.21. The third kappa shape index (κ3) is 2.93. The van der Waals surface area contributed by atoms with Crippen molar-refractivity contribution in [1.29, 1.82) is 0 Å². The molecular weight excluding hydrogens is 312 g/mol. The summed E-state index contributed by atoms with van der Waals surface area (Å²) in [6.07, 6.45) is 1.17. The largest absolute Gasteiger partial charge is 0.479 e. The number of carboxylic acids is 1. The van der Waals surface area contributed by atoms with E-state index in [1.807, 2.05) is 0 Å². The average molecular weight is 321 g/mol. The summed E-state index contributed by atoms with van der Waals surface area (Å²) in [6.45, 7) is 0.399. The number of rotatable bonds is 4. The Labute approximate surface area is 109 Å². The maximum absolute atomic E-state index is 11.7. The first-order valence-electron chi connectivity index (χ1n) is 4.65. The minimum absolute atomic E-state index is 0.231. The topological polar surface area (TPSA) is 123 Å². The van der Waals surface area contributed by atoms with Gasteiger partial charge in [0.15, 0.2) is 5.60 Å². The van der Waals surface area contributed by atoms with Crippen LogP contribution in [0.5, 0.6) is 0 Å². The summed E-state index contributed by atoms with van der Waals surface area (Å²) in [5.74, 6) is -1.53. The molecule has 2 N–H and O–H groups in total. The first-order valence-corrected chi connectivity index (χ1v) is 5.44. The van der Waals surface area contributed by atoms with Crippen LogP contribution in [0.25, 0.3) is 0 Å². The molecule has 1 heterocycles. The first-order chi connectivity index (χ1) is 8.15. The lowest BCUT2D eigenvalue weighted by Gasteiger charge is -2.18. The van der Waals surface area contributed by atoms with Crippen molar-refractivity contribution in [3.05, 3.63) is 37.2 Å². The van der Waals surface area contributed by atoms with Crippen molar-refractivity contribution in [1.82, 2.24) is 4.57 Å². The zero-order valence-corrected chi connectivity index (χ0v) is 10.7. The van der Waals surface area contributed by atoms with Gasteiger partial charge in [-0.3, -0.25) is 14.9 Å². The van der Waals surface area contributed by atoms with Crippen LogP contribution in [0.15, 0.2) is 21.5 Å². The van der Waals surface area contributed by atoms with Crippen molar-refractivity contribution >= 4 is 27.6 Å². The third-order valence-corrected chi connectivity index (χ3v) is 2.60. The van der Waals surface area contributed by atoms with E-state index in [1.54, 1.807) is 0 Å². The fourth-order valence-electron chi connectivity index (χ4n) is 1.23. The predicted molar refractivity (Wildman–Crippen MR) is 63.3 cm³/mol. The highest BCUT2D eigenvalue weighted by molar-refractivity contribution is 9.10. The smallest absolute Gasteiger partial charge is 0.337 e. The van der Waals surface area contributed by atoms with Crippen LogP contribution < -0.4 is 5.56 Å². The molecule has 0 radical (unpaired) electrons. The summed E-state index contributed by atoms with van der Waals surface area (Å²) in [6, 6.07) is 1.01. The van der Waals surface area contributed by atoms with Gasteiger partial charge in [0.05, 0.1) is 11.5 Å². The standard InChI is InChI=1S/C9H9BrN2O6/c1-9(16,8(14)15)4-11-3-5(10)2-6(7(11)13)12(17)18/h2-3,16H,4H2,1H3,(H,14,15). The van der Waals surface area contributed by atoms with Gasteiger partial charge in [0.2, 0.25) is 0 Å². The summed E-state index contributed by atoms with van der Waals surface area (Å²) in [7, 11) is 0. The molecule has 1 rings (SSSR count). The van der Waals surface area contributed by atoms with Gasteiger partial charge < -0.3 is 14.8 Å². The lowest BCUT2D eigenvalue weighted by Crippen LogP contribution is -2.42. The van der Waals surface area contributed by atoms with Gasteiger partial charge in [0.25, 0.3) is 0 Å². The maximum atomic E-state index is 11.7. The van der Waals surface area contributed by atoms with Gasteiger partial charge in [0, 0.05) is 16.7 Å². The Hall–Kier alpha value is -1.74. The number of aromatic nitrogens is 1. The molecule has 9 heteroatoms. The van der Waals surface area contributed by atoms with E-state index in [-0.39, 0.29) is 4.47 Å². The normalized spacial score (nSPS) is 13.9. The molecule has 0 saturated carbocycles. The Morgan fingerprint density at radius 1 is 1.67 bits per heavy atom. The van der Waals surface area contributed by atoms with Crippen LogP contribution in [0, 0.1) is 10.1 Å². The molecule has 1 unspecified atom stereocenters. The van der Waals surface area contributed by atoms with Crippen molar-refractivity contribution in [2.45, 2.75) is 19.1 Å². The Morgan fingerprint density at radius 3 is 2.67 bits per heavy atom. The summed E-state index contributed by atoms with van der Waals surface area (Å²) >= 11 is 2.97. The number of hydrogen-bond acceptors (Lipinski definition) is 5. The molecule has 0 aliphatic carbocycles. The molecule has 0 amide bonds. The first kappa shape index (κ1) is 14.3. The van der Waals surface area contributed by atoms with Gasteiger partial charge in [-0.2, -0.15) is 0 Å². The van der Waals surface area contributed by atoms with Crippen molar-refractivity contribution in [2.75, 3.05) is 0 Å². The Bertz CT molecular complexity index is 565. The van der Waals surface area contributed by atoms with Gasteiger partial charge in [-0.25, -0.2) is 4.79 Å². The monoisotopic (exact) mass is 320 g/mol. The molecule has 0 saturated heterocycles. The fraction of sp³-hybridized carbons (Fsp3) is 0.333. The highest BCUT2D eigenvalue weighted by Gasteiger charge is 2.32. The highest BCUT2D eigenvalue weighted by Crippen LogP contribution is 2.15. The summed E-state index contributed by atoms with van der Waals surface area (Å²) < 4.78 is 1.01. The lowest BCUT2D eigenvalue weighted by atomic mass is 10.1. The van der Waals surface area contributed by atoms with Crippen molar-refractivity contribution < 1.29 is 19.9 Å². The number of nitrogens with zero attached hydrogens (tertiary/aromatic N) is 2. The van der Waals surface area contributed by atoms with Crippen molar-refractivity contribution in [3.8, 4) is 0 Å². The quantitative estimate of drug-likeness (QED) is 0.609. The minimum atomic E-state index is -2.20. The number of aliphatic carboxylic acids is 1. The number of pyridine rings is 1. The molecular formula is C9H9BrN2O6. The Balaban J connectivity index is 3.31. The Kier molecular flexibility index (Phi) is 3.87. The molecule has 1 aromatic heterocycles. The molecule has 1 aromatic rings. The molecule has 1 atom stereocenters. The summed E-state index contributed by atoms with van der Waals surface area (Å²) in [5, 5.41) is 28.9. The van der Waals surface area contributed by atoms with E-state index in [9.17, 15) is 24.8 Å². The van der Waals surface area contributed by atoms with E-state index in [0.29, 0.717) is 0 Å². The van der Waals surface area contributed by atoms with Crippen LogP contribution in [-0.2, 0) is 11.3 Å². The van der Waals surface area contributed by atoms with Crippen molar-refractivity contribution in [2.24, 2.45) is 0 Å². The van der Waals surface area contributed by atoms with Gasteiger partial charge >= 0.3 is 17.2 Å². The molecule has 0 aliphatic heterocycles. The third-order valence-electron chi connectivity index (χ3n) is 2.17. The van der Waals surface area contributed by atoms with Crippen molar-refractivity contribution in [3.63, 3.8) is 0 Å². The van der Waals surface area contributed by atoms with E-state index in [1.165, 1.54) is 6.20 Å². The molecule has 18 heavy (non-hydrogen) atoms. The minimum Gasteiger partial charge on any atom is -0.479 e. The molecule has 8 nitrogen and oxygen atoms in total. The van der Waals surface area contributed by atoms with E-state index < -0.39 is 34.3 Å². The van der Waals surface area contributed by atoms with E-state index in [4.69, 9.17) is 5.11 Å². The molecule has 98 valence electrons. The maximum Gasteiger partial charge on any atom is 0.337 e. The zero-order valence-electron chi connectivity index (χ0n) is 9.16. The van der Waals surface area contributed by atoms with Crippen LogP contribution in [-0.4, -0.2) is 31.3 Å². The number of hydrogen-bond donors (Lipinski definition) is 2. The molecule has 0 fully saturated rings. The van der Waals surface area contributed by atoms with Gasteiger partial charge in [0.1, 0.15) is 0 Å². The lowest BCUT2D eigenvalue weighted by molar-refractivity contribution is -0.386. The summed E-state index contributed by atoms with van der Waals surface area (Å²) in [5.41, 5.74) is -3.88. The number of carbonyl (C=O) groups is 1. The highest BCUT2D eigenvalue weighted by atomic mass is 79.9. The number of aliphatic hydroxyl groups is 1. The van der Waals surface area contributed by atoms with Crippen LogP contribution >= 0.6 is 15.9 Å². The zero-order chi connectivity index (χ0) is 14.1. The number of nitro groups is 1. The van der Waals surface area contributed by atoms with Crippen LogP contribution in [0.3, 0.4) is 0 Å². The Morgan fingerprint density at radius 2 is 2.22 bits per heavy atom. The predicted octanol–water partition coefficient (Wildman–Crippen LogP) is 0.355. The van der Waals surface area contributed by atoms with Gasteiger partial charge in [-0.1, -0.05) is 0 Å². The van der Waals surface area contributed by atoms with Gasteiger partial charge in [-0.05, 0) is 22.9 Å².